The van der Waals surface area contributed by atoms with E-state index in [1.807, 2.05) is 0 Å². The summed E-state index contributed by atoms with van der Waals surface area (Å²) in [5.74, 6) is 0.198. The highest BCUT2D eigenvalue weighted by atomic mass is 16.6. The third-order valence-electron chi connectivity index (χ3n) is 2.93. The summed E-state index contributed by atoms with van der Waals surface area (Å²) in [7, 11) is 0. The Balaban J connectivity index is 1.79. The molecule has 7 heteroatoms. The van der Waals surface area contributed by atoms with Gasteiger partial charge in [-0.1, -0.05) is 0 Å². The normalized spacial score (nSPS) is 14.7. The second-order valence-corrected chi connectivity index (χ2v) is 4.27. The molecule has 1 aliphatic heterocycles. The molecule has 2 rings (SSSR count). The van der Waals surface area contributed by atoms with Gasteiger partial charge in [-0.3, -0.25) is 14.9 Å². The van der Waals surface area contributed by atoms with Crippen LogP contribution in [0.15, 0.2) is 18.3 Å². The summed E-state index contributed by atoms with van der Waals surface area (Å²) < 4.78 is 5.30. The second kappa shape index (κ2) is 6.12. The van der Waals surface area contributed by atoms with Crippen LogP contribution in [0.1, 0.15) is 19.3 Å². The minimum absolute atomic E-state index is 0.0280. The Kier molecular flexibility index (Phi) is 4.27. The highest BCUT2D eigenvalue weighted by Gasteiger charge is 2.19. The third-order valence-corrected chi connectivity index (χ3v) is 2.93. The molecular weight excluding hydrogens is 250 g/mol. The number of carbonyl (C=O) groups is 1. The van der Waals surface area contributed by atoms with Crippen molar-refractivity contribution in [2.24, 2.45) is 0 Å². The number of hydrogen-bond donors (Lipinski definition) is 0. The van der Waals surface area contributed by atoms with Crippen molar-refractivity contribution in [3.05, 3.63) is 28.4 Å². The Bertz CT molecular complexity index is 478. The van der Waals surface area contributed by atoms with Crippen molar-refractivity contribution in [3.63, 3.8) is 0 Å². The van der Waals surface area contributed by atoms with E-state index in [9.17, 15) is 14.9 Å². The number of carbonyl (C=O) groups excluding carboxylic acids is 1. The zero-order chi connectivity index (χ0) is 13.7. The molecule has 1 amide bonds. The number of likely N-dealkylation sites (tertiary alicyclic amines) is 1. The average Bonchev–Trinajstić information content (AvgIpc) is 2.80. The van der Waals surface area contributed by atoms with Crippen molar-refractivity contribution < 1.29 is 14.5 Å². The van der Waals surface area contributed by atoms with Crippen LogP contribution in [0.2, 0.25) is 0 Å². The van der Waals surface area contributed by atoms with Crippen LogP contribution in [0, 0.1) is 10.1 Å². The van der Waals surface area contributed by atoms with Crippen LogP contribution in [-0.4, -0.2) is 40.4 Å². The monoisotopic (exact) mass is 265 g/mol. The molecule has 1 aromatic heterocycles. The van der Waals surface area contributed by atoms with Gasteiger partial charge < -0.3 is 9.64 Å². The first-order valence-electron chi connectivity index (χ1n) is 6.18. The largest absolute Gasteiger partial charge is 0.473 e. The smallest absolute Gasteiger partial charge is 0.330 e. The summed E-state index contributed by atoms with van der Waals surface area (Å²) in [6, 6.07) is 2.85. The van der Waals surface area contributed by atoms with Crippen molar-refractivity contribution in [1.29, 1.82) is 0 Å². The Morgan fingerprint density at radius 3 is 3.05 bits per heavy atom. The molecule has 1 aliphatic rings. The molecule has 0 spiro atoms. The van der Waals surface area contributed by atoms with Gasteiger partial charge in [0.15, 0.2) is 0 Å². The van der Waals surface area contributed by atoms with Crippen LogP contribution in [0.25, 0.3) is 0 Å². The van der Waals surface area contributed by atoms with Crippen LogP contribution in [0.5, 0.6) is 5.88 Å². The van der Waals surface area contributed by atoms with Gasteiger partial charge in [-0.05, 0) is 18.9 Å². The predicted molar refractivity (Wildman–Crippen MR) is 66.8 cm³/mol. The van der Waals surface area contributed by atoms with Crippen LogP contribution < -0.4 is 4.74 Å². The maximum absolute atomic E-state index is 11.4. The number of nitro groups is 1. The summed E-state index contributed by atoms with van der Waals surface area (Å²) in [5, 5.41) is 10.7. The quantitative estimate of drug-likeness (QED) is 0.440. The summed E-state index contributed by atoms with van der Waals surface area (Å²) in [4.78, 5) is 27.2. The molecule has 0 unspecified atom stereocenters. The minimum atomic E-state index is -0.521. The van der Waals surface area contributed by atoms with Crippen LogP contribution >= 0.6 is 0 Å². The van der Waals surface area contributed by atoms with Gasteiger partial charge in [-0.15, -0.1) is 0 Å². The van der Waals surface area contributed by atoms with Crippen molar-refractivity contribution >= 4 is 11.6 Å². The third kappa shape index (κ3) is 3.40. The molecule has 102 valence electrons. The lowest BCUT2D eigenvalue weighted by atomic mass is 10.4. The predicted octanol–water partition coefficient (Wildman–Crippen LogP) is 1.38. The van der Waals surface area contributed by atoms with Gasteiger partial charge in [-0.2, -0.15) is 0 Å². The van der Waals surface area contributed by atoms with Gasteiger partial charge in [0, 0.05) is 31.8 Å². The first-order chi connectivity index (χ1) is 9.18. The van der Waals surface area contributed by atoms with E-state index in [0.717, 1.165) is 13.0 Å². The zero-order valence-electron chi connectivity index (χ0n) is 10.4. The number of hydrogen-bond acceptors (Lipinski definition) is 5. The Hall–Kier alpha value is -2.18. The molecule has 7 nitrogen and oxygen atoms in total. The molecular formula is C12H15N3O4. The molecule has 1 fully saturated rings. The fourth-order valence-electron chi connectivity index (χ4n) is 2.00. The van der Waals surface area contributed by atoms with Crippen molar-refractivity contribution in [1.82, 2.24) is 9.88 Å². The Morgan fingerprint density at radius 1 is 1.53 bits per heavy atom. The molecule has 1 aromatic rings. The van der Waals surface area contributed by atoms with E-state index in [-0.39, 0.29) is 17.5 Å². The summed E-state index contributed by atoms with van der Waals surface area (Å²) in [5.41, 5.74) is -0.139. The van der Waals surface area contributed by atoms with Crippen molar-refractivity contribution in [2.45, 2.75) is 19.3 Å². The maximum atomic E-state index is 11.4. The van der Waals surface area contributed by atoms with Gasteiger partial charge in [-0.25, -0.2) is 4.98 Å². The van der Waals surface area contributed by atoms with Gasteiger partial charge in [0.1, 0.15) is 0 Å². The highest BCUT2D eigenvalue weighted by Crippen LogP contribution is 2.22. The fourth-order valence-corrected chi connectivity index (χ4v) is 2.00. The highest BCUT2D eigenvalue weighted by molar-refractivity contribution is 5.77. The lowest BCUT2D eigenvalue weighted by Crippen LogP contribution is -2.26. The molecule has 2 heterocycles. The van der Waals surface area contributed by atoms with Gasteiger partial charge >= 0.3 is 5.69 Å². The molecule has 0 bridgehead atoms. The lowest BCUT2D eigenvalue weighted by Gasteiger charge is -2.15. The number of rotatable bonds is 6. The fraction of sp³-hybridized carbons (Fsp3) is 0.500. The van der Waals surface area contributed by atoms with E-state index < -0.39 is 4.92 Å². The first-order valence-corrected chi connectivity index (χ1v) is 6.18. The van der Waals surface area contributed by atoms with Crippen LogP contribution in [0.3, 0.4) is 0 Å². The summed E-state index contributed by atoms with van der Waals surface area (Å²) >= 11 is 0. The summed E-state index contributed by atoms with van der Waals surface area (Å²) in [6.45, 7) is 1.73. The van der Waals surface area contributed by atoms with E-state index in [2.05, 4.69) is 4.98 Å². The molecule has 0 aliphatic carbocycles. The Morgan fingerprint density at radius 2 is 2.37 bits per heavy atom. The van der Waals surface area contributed by atoms with E-state index in [1.165, 1.54) is 18.3 Å². The van der Waals surface area contributed by atoms with Gasteiger partial charge in [0.25, 0.3) is 5.88 Å². The zero-order valence-corrected chi connectivity index (χ0v) is 10.4. The van der Waals surface area contributed by atoms with Crippen molar-refractivity contribution in [3.8, 4) is 5.88 Å². The number of amides is 1. The molecule has 1 saturated heterocycles. The summed E-state index contributed by atoms with van der Waals surface area (Å²) in [6.07, 6.45) is 3.61. The molecule has 0 radical (unpaired) electrons. The molecule has 0 atom stereocenters. The average molecular weight is 265 g/mol. The maximum Gasteiger partial charge on any atom is 0.330 e. The SMILES string of the molecule is O=C1CCCN1CCCOc1ncccc1[N+](=O)[O-]. The van der Waals surface area contributed by atoms with E-state index >= 15 is 0 Å². The first kappa shape index (κ1) is 13.3. The van der Waals surface area contributed by atoms with Crippen LogP contribution in [-0.2, 0) is 4.79 Å². The van der Waals surface area contributed by atoms with Gasteiger partial charge in [0.2, 0.25) is 5.91 Å². The topological polar surface area (TPSA) is 85.6 Å². The van der Waals surface area contributed by atoms with E-state index in [4.69, 9.17) is 4.74 Å². The van der Waals surface area contributed by atoms with Gasteiger partial charge in [0.05, 0.1) is 11.5 Å². The number of pyridine rings is 1. The minimum Gasteiger partial charge on any atom is -0.473 e. The van der Waals surface area contributed by atoms with E-state index in [0.29, 0.717) is 26.0 Å². The lowest BCUT2D eigenvalue weighted by molar-refractivity contribution is -0.386. The second-order valence-electron chi connectivity index (χ2n) is 4.27. The standard InChI is InChI=1S/C12H15N3O4/c16-11-5-2-7-14(11)8-3-9-19-12-10(15(17)18)4-1-6-13-12/h1,4,6H,2-3,5,7-9H2. The molecule has 0 N–H and O–H groups in total. The molecule has 19 heavy (non-hydrogen) atoms. The Labute approximate surface area is 110 Å². The number of ether oxygens (including phenoxy) is 1. The van der Waals surface area contributed by atoms with E-state index in [1.54, 1.807) is 4.90 Å². The molecule has 0 saturated carbocycles. The molecule has 0 aromatic carbocycles. The van der Waals surface area contributed by atoms with Crippen LogP contribution in [0.4, 0.5) is 5.69 Å². The number of nitrogens with zero attached hydrogens (tertiary/aromatic N) is 3. The van der Waals surface area contributed by atoms with Crippen molar-refractivity contribution in [2.75, 3.05) is 19.7 Å². The number of aromatic nitrogens is 1.